The highest BCUT2D eigenvalue weighted by atomic mass is 16.1. The third-order valence-electron chi connectivity index (χ3n) is 1.87. The molecule has 0 bridgehead atoms. The van der Waals surface area contributed by atoms with Crippen molar-refractivity contribution in [3.63, 3.8) is 0 Å². The zero-order valence-corrected chi connectivity index (χ0v) is 8.42. The van der Waals surface area contributed by atoms with Gasteiger partial charge in [-0.05, 0) is 38.7 Å². The highest BCUT2D eigenvalue weighted by Gasteiger charge is 1.98. The first kappa shape index (κ1) is 11.2. The minimum atomic E-state index is 0.464. The van der Waals surface area contributed by atoms with E-state index in [2.05, 4.69) is 19.9 Å². The van der Waals surface area contributed by atoms with Crippen LogP contribution in [0.4, 0.5) is 0 Å². The third-order valence-corrected chi connectivity index (χ3v) is 1.87. The molecule has 0 amide bonds. The van der Waals surface area contributed by atoms with E-state index in [-0.39, 0.29) is 0 Å². The van der Waals surface area contributed by atoms with E-state index < -0.39 is 0 Å². The molecule has 68 valence electrons. The van der Waals surface area contributed by atoms with Crippen molar-refractivity contribution in [1.29, 1.82) is 0 Å². The van der Waals surface area contributed by atoms with Gasteiger partial charge < -0.3 is 0 Å². The molecule has 0 fully saturated rings. The van der Waals surface area contributed by atoms with Gasteiger partial charge >= 0.3 is 0 Å². The molecule has 1 unspecified atom stereocenters. The molecular formula is C11H18O. The summed E-state index contributed by atoms with van der Waals surface area (Å²) < 4.78 is 0. The normalized spacial score (nSPS) is 16.0. The summed E-state index contributed by atoms with van der Waals surface area (Å²) in [5, 5.41) is 0. The Morgan fingerprint density at radius 3 is 2.42 bits per heavy atom. The Hall–Kier alpha value is -0.850. The lowest BCUT2D eigenvalue weighted by Gasteiger charge is -2.06. The highest BCUT2D eigenvalue weighted by Crippen LogP contribution is 2.12. The highest BCUT2D eigenvalue weighted by molar-refractivity contribution is 5.72. The van der Waals surface area contributed by atoms with Gasteiger partial charge in [-0.1, -0.05) is 24.6 Å². The number of carbonyl (C=O) groups is 1. The van der Waals surface area contributed by atoms with Gasteiger partial charge in [-0.2, -0.15) is 0 Å². The van der Waals surface area contributed by atoms with Crippen LogP contribution in [0.3, 0.4) is 0 Å². The number of allylic oxidation sites excluding steroid dienone is 4. The summed E-state index contributed by atoms with van der Waals surface area (Å²) in [6, 6.07) is 0. The van der Waals surface area contributed by atoms with Gasteiger partial charge in [-0.15, -0.1) is 0 Å². The molecule has 0 aliphatic carbocycles. The Kier molecular flexibility index (Phi) is 5.35. The maximum absolute atomic E-state index is 10.3. The van der Waals surface area contributed by atoms with Crippen LogP contribution in [0, 0.1) is 5.92 Å². The van der Waals surface area contributed by atoms with Gasteiger partial charge in [0, 0.05) is 0 Å². The van der Waals surface area contributed by atoms with E-state index in [1.807, 2.05) is 19.9 Å². The summed E-state index contributed by atoms with van der Waals surface area (Å²) >= 11 is 0. The largest absolute Gasteiger partial charge is 0.298 e. The van der Waals surface area contributed by atoms with Crippen LogP contribution in [0.25, 0.3) is 0 Å². The van der Waals surface area contributed by atoms with Crippen LogP contribution in [-0.2, 0) is 4.79 Å². The van der Waals surface area contributed by atoms with Crippen LogP contribution in [0.15, 0.2) is 23.3 Å². The molecule has 1 heteroatoms. The molecule has 0 aliphatic heterocycles. The minimum absolute atomic E-state index is 0.464. The maximum Gasteiger partial charge on any atom is 0.145 e. The van der Waals surface area contributed by atoms with Gasteiger partial charge in [0.25, 0.3) is 0 Å². The molecule has 1 atom stereocenters. The average Bonchev–Trinajstić information content (AvgIpc) is 2.03. The van der Waals surface area contributed by atoms with Gasteiger partial charge in [0.2, 0.25) is 0 Å². The van der Waals surface area contributed by atoms with E-state index in [9.17, 15) is 4.79 Å². The second-order valence-corrected chi connectivity index (χ2v) is 3.34. The molecule has 0 spiro atoms. The standard InChI is InChI=1S/C11H18O/c1-5-9(2)6-10(3)7-11(4)8-12/h5,7-8,10H,6H2,1-4H3/b9-5+,11-7+. The summed E-state index contributed by atoms with van der Waals surface area (Å²) in [4.78, 5) is 10.3. The van der Waals surface area contributed by atoms with Crippen molar-refractivity contribution >= 4 is 6.29 Å². The molecule has 0 aliphatic rings. The predicted molar refractivity (Wildman–Crippen MR) is 53.0 cm³/mol. The Labute approximate surface area is 75.2 Å². The van der Waals surface area contributed by atoms with Crippen LogP contribution in [-0.4, -0.2) is 6.29 Å². The monoisotopic (exact) mass is 166 g/mol. The molecule has 0 saturated carbocycles. The molecule has 1 nitrogen and oxygen atoms in total. The second kappa shape index (κ2) is 5.76. The zero-order chi connectivity index (χ0) is 9.56. The van der Waals surface area contributed by atoms with Crippen LogP contribution >= 0.6 is 0 Å². The smallest absolute Gasteiger partial charge is 0.145 e. The fraction of sp³-hybridized carbons (Fsp3) is 0.545. The lowest BCUT2D eigenvalue weighted by atomic mass is 10.00. The van der Waals surface area contributed by atoms with Crippen LogP contribution in [0.1, 0.15) is 34.1 Å². The minimum Gasteiger partial charge on any atom is -0.298 e. The van der Waals surface area contributed by atoms with Crippen LogP contribution in [0.2, 0.25) is 0 Å². The van der Waals surface area contributed by atoms with Gasteiger partial charge in [0.1, 0.15) is 6.29 Å². The zero-order valence-electron chi connectivity index (χ0n) is 8.42. The fourth-order valence-corrected chi connectivity index (χ4v) is 1.17. The Bertz CT molecular complexity index is 199. The summed E-state index contributed by atoms with van der Waals surface area (Å²) in [7, 11) is 0. The van der Waals surface area contributed by atoms with Gasteiger partial charge in [0.15, 0.2) is 0 Å². The topological polar surface area (TPSA) is 17.1 Å². The van der Waals surface area contributed by atoms with Crippen molar-refractivity contribution < 1.29 is 4.79 Å². The molecule has 0 radical (unpaired) electrons. The molecule has 12 heavy (non-hydrogen) atoms. The summed E-state index contributed by atoms with van der Waals surface area (Å²) in [6.07, 6.45) is 6.07. The Morgan fingerprint density at radius 1 is 1.42 bits per heavy atom. The van der Waals surface area contributed by atoms with Gasteiger partial charge in [-0.25, -0.2) is 0 Å². The predicted octanol–water partition coefficient (Wildman–Crippen LogP) is 3.12. The van der Waals surface area contributed by atoms with Crippen LogP contribution in [0.5, 0.6) is 0 Å². The quantitative estimate of drug-likeness (QED) is 0.356. The lowest BCUT2D eigenvalue weighted by Crippen LogP contribution is -1.92. The molecule has 0 aromatic heterocycles. The van der Waals surface area contributed by atoms with Crippen molar-refractivity contribution in [1.82, 2.24) is 0 Å². The third kappa shape index (κ3) is 4.89. The van der Waals surface area contributed by atoms with Crippen molar-refractivity contribution in [2.45, 2.75) is 34.1 Å². The molecule has 0 N–H and O–H groups in total. The van der Waals surface area contributed by atoms with Crippen LogP contribution < -0.4 is 0 Å². The first-order chi connectivity index (χ1) is 5.60. The molecule has 0 aromatic carbocycles. The average molecular weight is 166 g/mol. The molecule has 0 rings (SSSR count). The number of hydrogen-bond donors (Lipinski definition) is 0. The van der Waals surface area contributed by atoms with E-state index in [0.717, 1.165) is 18.3 Å². The molecular weight excluding hydrogens is 148 g/mol. The molecule has 0 saturated heterocycles. The number of hydrogen-bond acceptors (Lipinski definition) is 1. The Morgan fingerprint density at radius 2 is 2.00 bits per heavy atom. The van der Waals surface area contributed by atoms with E-state index >= 15 is 0 Å². The number of carbonyl (C=O) groups excluding carboxylic acids is 1. The van der Waals surface area contributed by atoms with Crippen molar-refractivity contribution in [3.8, 4) is 0 Å². The second-order valence-electron chi connectivity index (χ2n) is 3.34. The summed E-state index contributed by atoms with van der Waals surface area (Å²) in [5.41, 5.74) is 2.20. The lowest BCUT2D eigenvalue weighted by molar-refractivity contribution is -0.104. The van der Waals surface area contributed by atoms with Crippen molar-refractivity contribution in [2.24, 2.45) is 5.92 Å². The summed E-state index contributed by atoms with van der Waals surface area (Å²) in [5.74, 6) is 0.464. The van der Waals surface area contributed by atoms with E-state index in [1.165, 1.54) is 5.57 Å². The van der Waals surface area contributed by atoms with Crippen molar-refractivity contribution in [2.75, 3.05) is 0 Å². The number of aldehydes is 1. The first-order valence-corrected chi connectivity index (χ1v) is 4.35. The Balaban J connectivity index is 4.05. The van der Waals surface area contributed by atoms with Crippen molar-refractivity contribution in [3.05, 3.63) is 23.3 Å². The SMILES string of the molecule is C/C=C(\C)CC(C)/C=C(\C)C=O. The van der Waals surface area contributed by atoms with E-state index in [0.29, 0.717) is 5.92 Å². The molecule has 0 heterocycles. The molecule has 0 aromatic rings. The summed E-state index contributed by atoms with van der Waals surface area (Å²) in [6.45, 7) is 8.12. The van der Waals surface area contributed by atoms with Gasteiger partial charge in [0.05, 0.1) is 0 Å². The maximum atomic E-state index is 10.3. The number of rotatable bonds is 4. The van der Waals surface area contributed by atoms with E-state index in [4.69, 9.17) is 0 Å². The fourth-order valence-electron chi connectivity index (χ4n) is 1.17. The van der Waals surface area contributed by atoms with Gasteiger partial charge in [-0.3, -0.25) is 4.79 Å². The first-order valence-electron chi connectivity index (χ1n) is 4.35. The van der Waals surface area contributed by atoms with E-state index in [1.54, 1.807) is 0 Å².